The van der Waals surface area contributed by atoms with E-state index in [0.717, 1.165) is 83.5 Å². The van der Waals surface area contributed by atoms with E-state index in [1.165, 1.54) is 122 Å². The second-order valence-electron chi connectivity index (χ2n) is 20.5. The summed E-state index contributed by atoms with van der Waals surface area (Å²) < 4.78 is 39.5. The zero-order chi connectivity index (χ0) is 56.9. The van der Waals surface area contributed by atoms with Gasteiger partial charge >= 0.3 is 25.7 Å². The molecule has 0 rings (SSSR count). The molecule has 12 heteroatoms. The van der Waals surface area contributed by atoms with Gasteiger partial charge in [-0.3, -0.25) is 23.4 Å². The summed E-state index contributed by atoms with van der Waals surface area (Å²) in [5.74, 6) is -1.61. The number of carbonyl (C=O) groups excluding carboxylic acids is 3. The average Bonchev–Trinajstić information content (AvgIpc) is 3.43. The summed E-state index contributed by atoms with van der Waals surface area (Å²) in [6.45, 7) is 4.40. The van der Waals surface area contributed by atoms with E-state index in [2.05, 4.69) is 93.7 Å². The molecule has 3 unspecified atom stereocenters. The van der Waals surface area contributed by atoms with E-state index in [1.807, 2.05) is 18.2 Å². The first-order chi connectivity index (χ1) is 38.2. The number of rotatable bonds is 57. The normalized spacial score (nSPS) is 14.0. The maximum atomic E-state index is 12.9. The number of ether oxygens (including phenoxy) is 3. The molecule has 78 heavy (non-hydrogen) atoms. The van der Waals surface area contributed by atoms with Crippen molar-refractivity contribution in [1.29, 1.82) is 0 Å². The van der Waals surface area contributed by atoms with Crippen LogP contribution in [0.2, 0.25) is 0 Å². The van der Waals surface area contributed by atoms with Gasteiger partial charge in [0.2, 0.25) is 0 Å². The van der Waals surface area contributed by atoms with Crippen molar-refractivity contribution < 1.29 is 52.2 Å². The zero-order valence-electron chi connectivity index (χ0n) is 49.6. The lowest BCUT2D eigenvalue weighted by atomic mass is 10.1. The minimum atomic E-state index is -4.78. The molecule has 0 radical (unpaired) electrons. The lowest BCUT2D eigenvalue weighted by Crippen LogP contribution is -2.30. The van der Waals surface area contributed by atoms with Gasteiger partial charge in [-0.1, -0.05) is 240 Å². The molecule has 0 aromatic rings. The first-order valence-corrected chi connectivity index (χ1v) is 32.6. The number of carbonyl (C=O) groups is 3. The summed E-state index contributed by atoms with van der Waals surface area (Å²) in [5, 5.41) is 9.81. The van der Waals surface area contributed by atoms with E-state index in [0.29, 0.717) is 19.3 Å². The molecule has 0 heterocycles. The van der Waals surface area contributed by atoms with Crippen LogP contribution in [0, 0.1) is 0 Å². The molecule has 0 bridgehead atoms. The fourth-order valence-electron chi connectivity index (χ4n) is 8.28. The van der Waals surface area contributed by atoms with Crippen LogP contribution in [0.1, 0.15) is 265 Å². The number of allylic oxidation sites excluding steroid dienone is 15. The first kappa shape index (κ1) is 74.4. The van der Waals surface area contributed by atoms with Crippen molar-refractivity contribution >= 4 is 25.7 Å². The van der Waals surface area contributed by atoms with Crippen molar-refractivity contribution in [3.63, 3.8) is 0 Å². The van der Waals surface area contributed by atoms with Gasteiger partial charge in [0.25, 0.3) is 0 Å². The Bertz CT molecular complexity index is 1680. The van der Waals surface area contributed by atoms with Crippen molar-refractivity contribution in [3.8, 4) is 0 Å². The largest absolute Gasteiger partial charge is 0.472 e. The van der Waals surface area contributed by atoms with Crippen LogP contribution in [-0.2, 0) is 42.2 Å². The monoisotopic (exact) mass is 1110 g/mol. The SMILES string of the molecule is CC/C=C\C/C=C\C/C=C\C/C=C\C/C=C\CC(=O)OC(CO)COP(=O)(O)OCC(COC(=O)CCCCCCCCC/C=C\CCCCCCCC)OC(=O)CCCCCCCCCCC/C=C\C/C=C\CCCCC. The lowest BCUT2D eigenvalue weighted by Gasteiger charge is -2.21. The van der Waals surface area contributed by atoms with Crippen molar-refractivity contribution in [1.82, 2.24) is 0 Å². The Balaban J connectivity index is 4.80. The van der Waals surface area contributed by atoms with Crippen LogP contribution in [0.3, 0.4) is 0 Å². The number of phosphoric acid groups is 1. The quantitative estimate of drug-likeness (QED) is 0.0197. The fraction of sp³-hybridized carbons (Fsp3) is 0.712. The summed E-state index contributed by atoms with van der Waals surface area (Å²) in [6, 6.07) is 0. The van der Waals surface area contributed by atoms with Gasteiger partial charge < -0.3 is 24.2 Å². The molecule has 0 aromatic heterocycles. The topological polar surface area (TPSA) is 155 Å². The molecule has 0 saturated heterocycles. The molecule has 0 aliphatic carbocycles. The van der Waals surface area contributed by atoms with E-state index in [9.17, 15) is 28.9 Å². The van der Waals surface area contributed by atoms with E-state index in [-0.39, 0.29) is 25.9 Å². The van der Waals surface area contributed by atoms with Gasteiger partial charge in [-0.05, 0) is 103 Å². The molecular weight excluding hydrogens is 1000 g/mol. The smallest absolute Gasteiger partial charge is 0.462 e. The van der Waals surface area contributed by atoms with Gasteiger partial charge in [0, 0.05) is 12.8 Å². The number of aliphatic hydroxyl groups is 1. The Morgan fingerprint density at radius 1 is 0.385 bits per heavy atom. The predicted octanol–water partition coefficient (Wildman–Crippen LogP) is 18.8. The summed E-state index contributed by atoms with van der Waals surface area (Å²) in [4.78, 5) is 48.6. The highest BCUT2D eigenvalue weighted by Gasteiger charge is 2.28. The van der Waals surface area contributed by atoms with Gasteiger partial charge in [-0.2, -0.15) is 0 Å². The molecule has 0 aliphatic rings. The van der Waals surface area contributed by atoms with Gasteiger partial charge in [-0.25, -0.2) is 4.57 Å². The van der Waals surface area contributed by atoms with Crippen molar-refractivity contribution in [2.45, 2.75) is 277 Å². The standard InChI is InChI=1S/C66H113O11P/c1-4-7-10-13-16-19-22-25-28-30-31-33-36-39-42-45-48-51-54-57-66(70)77-63(59-73-64(68)55-52-49-46-43-40-37-35-32-29-26-23-20-17-14-11-8-5-2)61-75-78(71,72)74-60-62(58-67)76-65(69)56-53-50-47-44-41-38-34-27-24-21-18-15-12-9-6-3/h9,12,16,18-19,21,25-29,34,41,44,50,53,62-63,67H,4-8,10-11,13-15,17,20,22-24,30-33,35-40,42-43,45-49,51-52,54-61H2,1-3H3,(H,71,72)/b12-9-,19-16-,21-18-,28-25-,29-26-,34-27-,44-41-,53-50-. The Morgan fingerprint density at radius 3 is 1.17 bits per heavy atom. The number of phosphoric ester groups is 1. The molecule has 0 aliphatic heterocycles. The number of hydrogen-bond acceptors (Lipinski definition) is 10. The van der Waals surface area contributed by atoms with E-state index < -0.39 is 57.8 Å². The number of unbranched alkanes of at least 4 members (excludes halogenated alkanes) is 25. The fourth-order valence-corrected chi connectivity index (χ4v) is 9.06. The molecule has 2 N–H and O–H groups in total. The Morgan fingerprint density at radius 2 is 0.718 bits per heavy atom. The molecule has 0 amide bonds. The summed E-state index contributed by atoms with van der Waals surface area (Å²) in [7, 11) is -4.78. The Kier molecular flexibility index (Phi) is 56.8. The second kappa shape index (κ2) is 59.5. The highest BCUT2D eigenvalue weighted by atomic mass is 31.2. The van der Waals surface area contributed by atoms with E-state index in [4.69, 9.17) is 23.3 Å². The molecular formula is C66H113O11P. The van der Waals surface area contributed by atoms with Crippen LogP contribution >= 0.6 is 7.82 Å². The Hall–Kier alpha value is -3.60. The average molecular weight is 1110 g/mol. The third-order valence-electron chi connectivity index (χ3n) is 13.0. The lowest BCUT2D eigenvalue weighted by molar-refractivity contribution is -0.161. The third kappa shape index (κ3) is 57.1. The summed E-state index contributed by atoms with van der Waals surface area (Å²) >= 11 is 0. The minimum Gasteiger partial charge on any atom is -0.462 e. The molecule has 0 fully saturated rings. The van der Waals surface area contributed by atoms with Gasteiger partial charge in [0.15, 0.2) is 6.10 Å². The maximum absolute atomic E-state index is 12.9. The first-order valence-electron chi connectivity index (χ1n) is 31.1. The highest BCUT2D eigenvalue weighted by molar-refractivity contribution is 7.47. The zero-order valence-corrected chi connectivity index (χ0v) is 50.5. The van der Waals surface area contributed by atoms with Crippen LogP contribution in [0.15, 0.2) is 97.2 Å². The number of hydrogen-bond donors (Lipinski definition) is 2. The van der Waals surface area contributed by atoms with Crippen molar-refractivity contribution in [2.24, 2.45) is 0 Å². The third-order valence-corrected chi connectivity index (χ3v) is 13.9. The van der Waals surface area contributed by atoms with E-state index >= 15 is 0 Å². The maximum Gasteiger partial charge on any atom is 0.472 e. The second-order valence-corrected chi connectivity index (χ2v) is 22.0. The number of esters is 3. The van der Waals surface area contributed by atoms with Crippen LogP contribution in [0.25, 0.3) is 0 Å². The van der Waals surface area contributed by atoms with Crippen molar-refractivity contribution in [3.05, 3.63) is 97.2 Å². The Labute approximate surface area is 476 Å². The molecule has 0 saturated carbocycles. The molecule has 0 spiro atoms. The molecule has 3 atom stereocenters. The van der Waals surface area contributed by atoms with Crippen molar-refractivity contribution in [2.75, 3.05) is 26.4 Å². The van der Waals surface area contributed by atoms with Crippen LogP contribution in [-0.4, -0.2) is 66.5 Å². The molecule has 448 valence electrons. The summed E-state index contributed by atoms with van der Waals surface area (Å²) in [5.41, 5.74) is 0. The minimum absolute atomic E-state index is 0.0583. The summed E-state index contributed by atoms with van der Waals surface area (Å²) in [6.07, 6.45) is 71.0. The van der Waals surface area contributed by atoms with Crippen LogP contribution < -0.4 is 0 Å². The van der Waals surface area contributed by atoms with Gasteiger partial charge in [-0.15, -0.1) is 0 Å². The number of aliphatic hydroxyl groups excluding tert-OH is 1. The highest BCUT2D eigenvalue weighted by Crippen LogP contribution is 2.43. The van der Waals surface area contributed by atoms with Crippen LogP contribution in [0.5, 0.6) is 0 Å². The van der Waals surface area contributed by atoms with E-state index in [1.54, 1.807) is 6.08 Å². The van der Waals surface area contributed by atoms with Gasteiger partial charge in [0.1, 0.15) is 12.7 Å². The molecule has 11 nitrogen and oxygen atoms in total. The predicted molar refractivity (Wildman–Crippen MR) is 325 cm³/mol. The molecule has 0 aromatic carbocycles. The van der Waals surface area contributed by atoms with Crippen LogP contribution in [0.4, 0.5) is 0 Å². The van der Waals surface area contributed by atoms with Gasteiger partial charge in [0.05, 0.1) is 26.2 Å².